The molecule has 0 bridgehead atoms. The number of rotatable bonds is 3. The highest BCUT2D eigenvalue weighted by atomic mass is 15.1. The van der Waals surface area contributed by atoms with Crippen molar-refractivity contribution in [1.29, 1.82) is 0 Å². The van der Waals surface area contributed by atoms with Gasteiger partial charge in [-0.3, -0.25) is 0 Å². The van der Waals surface area contributed by atoms with E-state index in [1.807, 2.05) is 13.0 Å². The van der Waals surface area contributed by atoms with Crippen LogP contribution in [0.2, 0.25) is 0 Å². The minimum absolute atomic E-state index is 0.347. The van der Waals surface area contributed by atoms with E-state index in [9.17, 15) is 0 Å². The Morgan fingerprint density at radius 3 is 3.11 bits per heavy atom. The summed E-state index contributed by atoms with van der Waals surface area (Å²) < 4.78 is 0. The summed E-state index contributed by atoms with van der Waals surface area (Å²) in [6.45, 7) is 3.78. The van der Waals surface area contributed by atoms with Crippen LogP contribution in [0, 0.1) is 6.92 Å². The van der Waals surface area contributed by atoms with Crippen LogP contribution in [-0.2, 0) is 6.42 Å². The average molecular weight is 254 g/mol. The third-order valence-corrected chi connectivity index (χ3v) is 3.48. The summed E-state index contributed by atoms with van der Waals surface area (Å²) in [5.41, 5.74) is 2.85. The molecule has 2 aromatic rings. The zero-order chi connectivity index (χ0) is 13.1. The Labute approximate surface area is 113 Å². The lowest BCUT2D eigenvalue weighted by atomic mass is 9.94. The highest BCUT2D eigenvalue weighted by molar-refractivity contribution is 5.37. The van der Waals surface area contributed by atoms with Crippen LogP contribution >= 0.6 is 0 Å². The number of benzene rings is 1. The van der Waals surface area contributed by atoms with Crippen molar-refractivity contribution in [2.75, 3.05) is 18.4 Å². The predicted molar refractivity (Wildman–Crippen MR) is 76.1 cm³/mol. The molecule has 2 heterocycles. The smallest absolute Gasteiger partial charge is 0.129 e. The summed E-state index contributed by atoms with van der Waals surface area (Å²) in [7, 11) is 0. The molecule has 19 heavy (non-hydrogen) atoms. The topological polar surface area (TPSA) is 49.8 Å². The molecule has 1 atom stereocenters. The molecule has 98 valence electrons. The minimum Gasteiger partial charge on any atom is -0.368 e. The number of aryl methyl sites for hydroxylation is 1. The van der Waals surface area contributed by atoms with Crippen molar-refractivity contribution in [2.45, 2.75) is 19.4 Å². The SMILES string of the molecule is Cc1nccc(NC[C@H]2NCCc3ccccc32)n1. The molecule has 0 amide bonds. The van der Waals surface area contributed by atoms with Crippen LogP contribution in [0.4, 0.5) is 5.82 Å². The molecule has 4 nitrogen and oxygen atoms in total. The Kier molecular flexibility index (Phi) is 3.42. The molecule has 1 aliphatic heterocycles. The van der Waals surface area contributed by atoms with Crippen LogP contribution in [0.3, 0.4) is 0 Å². The van der Waals surface area contributed by atoms with Crippen LogP contribution in [0.1, 0.15) is 23.0 Å². The lowest BCUT2D eigenvalue weighted by Crippen LogP contribution is -2.34. The predicted octanol–water partition coefficient (Wildman–Crippen LogP) is 2.08. The fourth-order valence-electron chi connectivity index (χ4n) is 2.54. The van der Waals surface area contributed by atoms with Gasteiger partial charge in [0.25, 0.3) is 0 Å². The Morgan fingerprint density at radius 1 is 1.32 bits per heavy atom. The molecule has 0 unspecified atom stereocenters. The van der Waals surface area contributed by atoms with Gasteiger partial charge in [0.05, 0.1) is 0 Å². The Hall–Kier alpha value is -1.94. The van der Waals surface area contributed by atoms with E-state index in [0.29, 0.717) is 6.04 Å². The molecule has 1 aliphatic rings. The molecule has 2 N–H and O–H groups in total. The molecule has 3 rings (SSSR count). The lowest BCUT2D eigenvalue weighted by molar-refractivity contribution is 0.523. The highest BCUT2D eigenvalue weighted by Gasteiger charge is 2.18. The first kappa shape index (κ1) is 12.1. The largest absolute Gasteiger partial charge is 0.368 e. The van der Waals surface area contributed by atoms with Crippen molar-refractivity contribution in [3.05, 3.63) is 53.5 Å². The van der Waals surface area contributed by atoms with E-state index in [4.69, 9.17) is 0 Å². The number of fused-ring (bicyclic) bond motifs is 1. The Balaban J connectivity index is 1.71. The van der Waals surface area contributed by atoms with E-state index in [0.717, 1.165) is 31.2 Å². The van der Waals surface area contributed by atoms with E-state index in [1.165, 1.54) is 11.1 Å². The molecule has 1 aromatic heterocycles. The van der Waals surface area contributed by atoms with Crippen molar-refractivity contribution < 1.29 is 0 Å². The molecular formula is C15H18N4. The van der Waals surface area contributed by atoms with Gasteiger partial charge in [-0.15, -0.1) is 0 Å². The number of hydrogen-bond donors (Lipinski definition) is 2. The van der Waals surface area contributed by atoms with Crippen molar-refractivity contribution >= 4 is 5.82 Å². The molecule has 0 saturated heterocycles. The fraction of sp³-hybridized carbons (Fsp3) is 0.333. The number of nitrogens with one attached hydrogen (secondary N) is 2. The number of aromatic nitrogens is 2. The second-order valence-electron chi connectivity index (χ2n) is 4.83. The normalized spacial score (nSPS) is 17.8. The van der Waals surface area contributed by atoms with E-state index in [2.05, 4.69) is 44.9 Å². The third-order valence-electron chi connectivity index (χ3n) is 3.48. The second kappa shape index (κ2) is 5.36. The zero-order valence-corrected chi connectivity index (χ0v) is 11.1. The third kappa shape index (κ3) is 2.74. The molecule has 0 fully saturated rings. The van der Waals surface area contributed by atoms with Crippen LogP contribution in [0.5, 0.6) is 0 Å². The van der Waals surface area contributed by atoms with Crippen LogP contribution in [-0.4, -0.2) is 23.1 Å². The van der Waals surface area contributed by atoms with Gasteiger partial charge < -0.3 is 10.6 Å². The van der Waals surface area contributed by atoms with E-state index >= 15 is 0 Å². The summed E-state index contributed by atoms with van der Waals surface area (Å²) in [6, 6.07) is 10.9. The Morgan fingerprint density at radius 2 is 2.21 bits per heavy atom. The summed E-state index contributed by atoms with van der Waals surface area (Å²) >= 11 is 0. The molecule has 0 radical (unpaired) electrons. The highest BCUT2D eigenvalue weighted by Crippen LogP contribution is 2.22. The molecular weight excluding hydrogens is 236 g/mol. The van der Waals surface area contributed by atoms with Gasteiger partial charge in [-0.05, 0) is 37.1 Å². The minimum atomic E-state index is 0.347. The van der Waals surface area contributed by atoms with Crippen molar-refractivity contribution in [2.24, 2.45) is 0 Å². The van der Waals surface area contributed by atoms with E-state index in [1.54, 1.807) is 6.20 Å². The maximum absolute atomic E-state index is 4.36. The quantitative estimate of drug-likeness (QED) is 0.880. The monoisotopic (exact) mass is 254 g/mol. The van der Waals surface area contributed by atoms with E-state index < -0.39 is 0 Å². The van der Waals surface area contributed by atoms with Gasteiger partial charge in [0, 0.05) is 18.8 Å². The summed E-state index contributed by atoms with van der Waals surface area (Å²) in [6.07, 6.45) is 2.90. The molecule has 4 heteroatoms. The molecule has 1 aromatic carbocycles. The fourth-order valence-corrected chi connectivity index (χ4v) is 2.54. The first-order valence-electron chi connectivity index (χ1n) is 6.67. The van der Waals surface area contributed by atoms with Crippen molar-refractivity contribution in [3.8, 4) is 0 Å². The zero-order valence-electron chi connectivity index (χ0n) is 11.1. The van der Waals surface area contributed by atoms with E-state index in [-0.39, 0.29) is 0 Å². The van der Waals surface area contributed by atoms with Gasteiger partial charge >= 0.3 is 0 Å². The van der Waals surface area contributed by atoms with Gasteiger partial charge in [0.15, 0.2) is 0 Å². The van der Waals surface area contributed by atoms with Crippen LogP contribution in [0.15, 0.2) is 36.5 Å². The Bertz CT molecular complexity index is 568. The maximum Gasteiger partial charge on any atom is 0.129 e. The van der Waals surface area contributed by atoms with Crippen LogP contribution in [0.25, 0.3) is 0 Å². The number of anilines is 1. The number of nitrogens with zero attached hydrogens (tertiary/aromatic N) is 2. The van der Waals surface area contributed by atoms with Gasteiger partial charge in [-0.1, -0.05) is 24.3 Å². The first-order valence-corrected chi connectivity index (χ1v) is 6.67. The summed E-state index contributed by atoms with van der Waals surface area (Å²) in [4.78, 5) is 8.47. The van der Waals surface area contributed by atoms with Crippen molar-refractivity contribution in [1.82, 2.24) is 15.3 Å². The lowest BCUT2D eigenvalue weighted by Gasteiger charge is -2.27. The second-order valence-corrected chi connectivity index (χ2v) is 4.83. The number of hydrogen-bond acceptors (Lipinski definition) is 4. The average Bonchev–Trinajstić information content (AvgIpc) is 2.45. The van der Waals surface area contributed by atoms with Gasteiger partial charge in [0.1, 0.15) is 11.6 Å². The summed E-state index contributed by atoms with van der Waals surface area (Å²) in [5.74, 6) is 1.68. The summed E-state index contributed by atoms with van der Waals surface area (Å²) in [5, 5.41) is 6.94. The van der Waals surface area contributed by atoms with Crippen molar-refractivity contribution in [3.63, 3.8) is 0 Å². The van der Waals surface area contributed by atoms with Gasteiger partial charge in [0.2, 0.25) is 0 Å². The standard InChI is InChI=1S/C15H18N4/c1-11-16-9-7-15(19-11)18-10-14-13-5-3-2-4-12(13)6-8-17-14/h2-5,7,9,14,17H,6,8,10H2,1H3,(H,16,18,19)/t14-/m1/s1. The molecule has 0 spiro atoms. The first-order chi connectivity index (χ1) is 9.33. The molecule has 0 aliphatic carbocycles. The van der Waals surface area contributed by atoms with Gasteiger partial charge in [-0.25, -0.2) is 9.97 Å². The van der Waals surface area contributed by atoms with Gasteiger partial charge in [-0.2, -0.15) is 0 Å². The molecule has 0 saturated carbocycles. The maximum atomic E-state index is 4.36. The van der Waals surface area contributed by atoms with Crippen LogP contribution < -0.4 is 10.6 Å².